The number of rotatable bonds is 6. The van der Waals surface area contributed by atoms with Crippen LogP contribution in [-0.2, 0) is 0 Å². The molecule has 0 bridgehead atoms. The molecule has 0 aliphatic carbocycles. The number of anilines is 1. The van der Waals surface area contributed by atoms with Crippen LogP contribution in [0.3, 0.4) is 0 Å². The molecule has 0 amide bonds. The largest absolute Gasteiger partial charge is 0.492 e. The molecule has 0 spiro atoms. The molecule has 21 heavy (non-hydrogen) atoms. The van der Waals surface area contributed by atoms with Gasteiger partial charge in [0.2, 0.25) is 0 Å². The second kappa shape index (κ2) is 6.79. The van der Waals surface area contributed by atoms with Gasteiger partial charge in [-0.25, -0.2) is 4.79 Å². The second-order valence-corrected chi connectivity index (χ2v) is 4.94. The van der Waals surface area contributed by atoms with Crippen molar-refractivity contribution >= 4 is 11.7 Å². The summed E-state index contributed by atoms with van der Waals surface area (Å²) in [6.45, 7) is 3.27. The van der Waals surface area contributed by atoms with Crippen molar-refractivity contribution in [3.05, 3.63) is 59.7 Å². The first-order valence-corrected chi connectivity index (χ1v) is 6.80. The van der Waals surface area contributed by atoms with Crippen LogP contribution in [0.5, 0.6) is 5.75 Å². The van der Waals surface area contributed by atoms with Crippen molar-refractivity contribution in [1.29, 1.82) is 0 Å². The number of carbonyl (C=O) groups is 1. The zero-order valence-corrected chi connectivity index (χ0v) is 12.2. The summed E-state index contributed by atoms with van der Waals surface area (Å²) in [5, 5.41) is 8.93. The number of carboxylic acid groups (broad SMARTS) is 1. The molecule has 0 heterocycles. The predicted molar refractivity (Wildman–Crippen MR) is 83.3 cm³/mol. The number of hydrogen-bond donors (Lipinski definition) is 1. The third kappa shape index (κ3) is 4.24. The van der Waals surface area contributed by atoms with E-state index >= 15 is 0 Å². The van der Waals surface area contributed by atoms with Crippen molar-refractivity contribution in [2.75, 3.05) is 25.1 Å². The maximum Gasteiger partial charge on any atom is 0.335 e. The number of carboxylic acids is 1. The van der Waals surface area contributed by atoms with E-state index < -0.39 is 5.97 Å². The minimum Gasteiger partial charge on any atom is -0.492 e. The highest BCUT2D eigenvalue weighted by molar-refractivity contribution is 5.87. The topological polar surface area (TPSA) is 49.8 Å². The highest BCUT2D eigenvalue weighted by atomic mass is 16.5. The third-order valence-corrected chi connectivity index (χ3v) is 3.25. The van der Waals surface area contributed by atoms with Gasteiger partial charge in [-0.1, -0.05) is 23.8 Å². The molecule has 2 rings (SSSR count). The van der Waals surface area contributed by atoms with Crippen LogP contribution in [0.2, 0.25) is 0 Å². The fourth-order valence-electron chi connectivity index (χ4n) is 1.95. The number of likely N-dealkylation sites (N-methyl/N-ethyl adjacent to an activating group) is 1. The van der Waals surface area contributed by atoms with Gasteiger partial charge >= 0.3 is 5.97 Å². The summed E-state index contributed by atoms with van der Waals surface area (Å²) in [7, 11) is 2.00. The first-order chi connectivity index (χ1) is 10.1. The van der Waals surface area contributed by atoms with E-state index in [4.69, 9.17) is 9.84 Å². The molecule has 1 N–H and O–H groups in total. The summed E-state index contributed by atoms with van der Waals surface area (Å²) in [4.78, 5) is 13.0. The predicted octanol–water partition coefficient (Wildman–Crippen LogP) is 3.21. The van der Waals surface area contributed by atoms with E-state index in [0.717, 1.165) is 12.2 Å². The summed E-state index contributed by atoms with van der Waals surface area (Å²) in [5.74, 6) is -0.371. The summed E-state index contributed by atoms with van der Waals surface area (Å²) < 4.78 is 5.61. The first kappa shape index (κ1) is 14.9. The minimum atomic E-state index is -0.947. The van der Waals surface area contributed by atoms with Gasteiger partial charge in [0.05, 0.1) is 12.1 Å². The van der Waals surface area contributed by atoms with Crippen molar-refractivity contribution in [3.63, 3.8) is 0 Å². The van der Waals surface area contributed by atoms with Gasteiger partial charge in [-0.2, -0.15) is 0 Å². The number of aromatic carboxylic acids is 1. The summed E-state index contributed by atoms with van der Waals surface area (Å²) >= 11 is 0. The average molecular weight is 285 g/mol. The monoisotopic (exact) mass is 285 g/mol. The van der Waals surface area contributed by atoms with Crippen LogP contribution in [0.4, 0.5) is 5.69 Å². The van der Waals surface area contributed by atoms with Gasteiger partial charge in [0, 0.05) is 12.7 Å². The van der Waals surface area contributed by atoms with Crippen molar-refractivity contribution in [3.8, 4) is 5.75 Å². The standard InChI is InChI=1S/C17H19NO3/c1-13-6-8-15(9-7-13)18(2)10-11-21-16-5-3-4-14(12-16)17(19)20/h3-9,12H,10-11H2,1-2H3,(H,19,20). The SMILES string of the molecule is Cc1ccc(N(C)CCOc2cccc(C(=O)O)c2)cc1. The van der Waals surface area contributed by atoms with Gasteiger partial charge in [-0.3, -0.25) is 0 Å². The minimum absolute atomic E-state index is 0.236. The van der Waals surface area contributed by atoms with Gasteiger partial charge in [0.15, 0.2) is 0 Å². The zero-order chi connectivity index (χ0) is 15.2. The van der Waals surface area contributed by atoms with E-state index in [1.54, 1.807) is 18.2 Å². The van der Waals surface area contributed by atoms with Crippen LogP contribution >= 0.6 is 0 Å². The molecule has 0 atom stereocenters. The van der Waals surface area contributed by atoms with Crippen LogP contribution in [-0.4, -0.2) is 31.3 Å². The van der Waals surface area contributed by atoms with Crippen LogP contribution in [0.15, 0.2) is 48.5 Å². The Hall–Kier alpha value is -2.49. The number of benzene rings is 2. The number of nitrogens with zero attached hydrogens (tertiary/aromatic N) is 1. The Bertz CT molecular complexity index is 608. The molecule has 0 aliphatic heterocycles. The Morgan fingerprint density at radius 2 is 1.90 bits per heavy atom. The van der Waals surface area contributed by atoms with E-state index in [-0.39, 0.29) is 5.56 Å². The lowest BCUT2D eigenvalue weighted by Crippen LogP contribution is -2.23. The third-order valence-electron chi connectivity index (χ3n) is 3.25. The Labute approximate surface area is 124 Å². The Balaban J connectivity index is 1.87. The van der Waals surface area contributed by atoms with E-state index in [2.05, 4.69) is 36.1 Å². The van der Waals surface area contributed by atoms with E-state index in [9.17, 15) is 4.79 Å². The summed E-state index contributed by atoms with van der Waals surface area (Å²) in [6.07, 6.45) is 0. The van der Waals surface area contributed by atoms with E-state index in [1.807, 2.05) is 7.05 Å². The number of hydrogen-bond acceptors (Lipinski definition) is 3. The first-order valence-electron chi connectivity index (χ1n) is 6.80. The molecule has 0 aliphatic rings. The molecular formula is C17H19NO3. The molecule has 0 radical (unpaired) electrons. The van der Waals surface area contributed by atoms with Gasteiger partial charge in [-0.05, 0) is 37.3 Å². The smallest absolute Gasteiger partial charge is 0.335 e. The Kier molecular flexibility index (Phi) is 4.82. The van der Waals surface area contributed by atoms with Gasteiger partial charge in [-0.15, -0.1) is 0 Å². The highest BCUT2D eigenvalue weighted by Crippen LogP contribution is 2.15. The fourth-order valence-corrected chi connectivity index (χ4v) is 1.95. The molecule has 0 aromatic heterocycles. The molecule has 0 unspecified atom stereocenters. The molecule has 4 heteroatoms. The number of ether oxygens (including phenoxy) is 1. The van der Waals surface area contributed by atoms with E-state index in [0.29, 0.717) is 12.4 Å². The van der Waals surface area contributed by atoms with Crippen LogP contribution in [0.25, 0.3) is 0 Å². The molecular weight excluding hydrogens is 266 g/mol. The second-order valence-electron chi connectivity index (χ2n) is 4.94. The quantitative estimate of drug-likeness (QED) is 0.885. The molecule has 0 fully saturated rings. The van der Waals surface area contributed by atoms with Crippen molar-refractivity contribution in [1.82, 2.24) is 0 Å². The van der Waals surface area contributed by atoms with Crippen LogP contribution < -0.4 is 9.64 Å². The fraction of sp³-hybridized carbons (Fsp3) is 0.235. The molecule has 0 saturated carbocycles. The molecule has 0 saturated heterocycles. The summed E-state index contributed by atoms with van der Waals surface area (Å²) in [5.41, 5.74) is 2.59. The molecule has 2 aromatic rings. The zero-order valence-electron chi connectivity index (χ0n) is 12.2. The van der Waals surface area contributed by atoms with E-state index in [1.165, 1.54) is 11.6 Å². The highest BCUT2D eigenvalue weighted by Gasteiger charge is 2.05. The normalized spacial score (nSPS) is 10.2. The van der Waals surface area contributed by atoms with Crippen molar-refractivity contribution in [2.24, 2.45) is 0 Å². The molecule has 110 valence electrons. The Morgan fingerprint density at radius 3 is 2.57 bits per heavy atom. The average Bonchev–Trinajstić information content (AvgIpc) is 2.48. The molecule has 4 nitrogen and oxygen atoms in total. The lowest BCUT2D eigenvalue weighted by atomic mass is 10.2. The maximum atomic E-state index is 10.9. The molecule has 2 aromatic carbocycles. The Morgan fingerprint density at radius 1 is 1.19 bits per heavy atom. The van der Waals surface area contributed by atoms with Gasteiger partial charge in [0.1, 0.15) is 12.4 Å². The van der Waals surface area contributed by atoms with Gasteiger partial charge < -0.3 is 14.7 Å². The lowest BCUT2D eigenvalue weighted by Gasteiger charge is -2.19. The van der Waals surface area contributed by atoms with Crippen LogP contribution in [0, 0.1) is 6.92 Å². The van der Waals surface area contributed by atoms with Crippen molar-refractivity contribution in [2.45, 2.75) is 6.92 Å². The lowest BCUT2D eigenvalue weighted by molar-refractivity contribution is 0.0696. The maximum absolute atomic E-state index is 10.9. The number of aryl methyl sites for hydroxylation is 1. The summed E-state index contributed by atoms with van der Waals surface area (Å²) in [6, 6.07) is 14.8. The van der Waals surface area contributed by atoms with Gasteiger partial charge in [0.25, 0.3) is 0 Å². The van der Waals surface area contributed by atoms with Crippen LogP contribution in [0.1, 0.15) is 15.9 Å². The van der Waals surface area contributed by atoms with Crippen molar-refractivity contribution < 1.29 is 14.6 Å².